The molecule has 1 aliphatic carbocycles. The van der Waals surface area contributed by atoms with Gasteiger partial charge in [-0.05, 0) is 19.1 Å². The zero-order valence-electron chi connectivity index (χ0n) is 11.0. The highest BCUT2D eigenvalue weighted by Crippen LogP contribution is 2.37. The largest absolute Gasteiger partial charge is 0.349 e. The lowest BCUT2D eigenvalue weighted by molar-refractivity contribution is -0.0901. The summed E-state index contributed by atoms with van der Waals surface area (Å²) in [6.45, 7) is 1.75. The van der Waals surface area contributed by atoms with Crippen molar-refractivity contribution < 1.29 is 13.6 Å². The number of aromatic nitrogens is 1. The summed E-state index contributed by atoms with van der Waals surface area (Å²) in [7, 11) is 0. The topological polar surface area (TPSA) is 42.0 Å². The van der Waals surface area contributed by atoms with Gasteiger partial charge in [-0.2, -0.15) is 0 Å². The zero-order valence-corrected chi connectivity index (χ0v) is 11.0. The first-order chi connectivity index (χ1) is 9.44. The molecule has 1 aromatic carbocycles. The standard InChI is InChI=1S/C15H14F2N2O/c1-9-12(6-10-4-2-3-5-13(10)18-9)14(20)19-11-7-15(16,17)8-11/h2-6,11H,7-8H2,1H3,(H,19,20). The molecule has 1 amide bonds. The molecule has 20 heavy (non-hydrogen) atoms. The minimum absolute atomic E-state index is 0.279. The number of nitrogens with zero attached hydrogens (tertiary/aromatic N) is 1. The molecule has 1 N–H and O–H groups in total. The smallest absolute Gasteiger partial charge is 0.253 e. The molecule has 1 aromatic heterocycles. The fourth-order valence-electron chi connectivity index (χ4n) is 2.47. The minimum atomic E-state index is -2.63. The number of halogens is 2. The number of benzene rings is 1. The molecule has 0 radical (unpaired) electrons. The number of amides is 1. The predicted molar refractivity (Wildman–Crippen MR) is 71.9 cm³/mol. The number of nitrogens with one attached hydrogen (secondary N) is 1. The van der Waals surface area contributed by atoms with Crippen LogP contribution in [0.3, 0.4) is 0 Å². The third-order valence-electron chi connectivity index (χ3n) is 3.58. The van der Waals surface area contributed by atoms with Crippen molar-refractivity contribution in [2.24, 2.45) is 0 Å². The van der Waals surface area contributed by atoms with E-state index in [-0.39, 0.29) is 18.7 Å². The highest BCUT2D eigenvalue weighted by Gasteiger charge is 2.46. The summed E-state index contributed by atoms with van der Waals surface area (Å²) in [5.74, 6) is -2.96. The Bertz CT molecular complexity index is 677. The maximum absolute atomic E-state index is 12.8. The highest BCUT2D eigenvalue weighted by atomic mass is 19.3. The monoisotopic (exact) mass is 276 g/mol. The number of aryl methyl sites for hydroxylation is 1. The quantitative estimate of drug-likeness (QED) is 0.916. The first-order valence-corrected chi connectivity index (χ1v) is 6.50. The molecular formula is C15H14F2N2O. The van der Waals surface area contributed by atoms with Gasteiger partial charge in [0, 0.05) is 24.3 Å². The van der Waals surface area contributed by atoms with E-state index < -0.39 is 12.0 Å². The zero-order chi connectivity index (χ0) is 14.3. The van der Waals surface area contributed by atoms with Crippen LogP contribution in [0.5, 0.6) is 0 Å². The molecule has 1 saturated carbocycles. The Balaban J connectivity index is 1.82. The van der Waals surface area contributed by atoms with Crippen molar-refractivity contribution in [2.45, 2.75) is 31.7 Å². The van der Waals surface area contributed by atoms with Crippen molar-refractivity contribution in [3.8, 4) is 0 Å². The van der Waals surface area contributed by atoms with E-state index in [1.807, 2.05) is 24.3 Å². The van der Waals surface area contributed by atoms with Crippen molar-refractivity contribution in [3.05, 3.63) is 41.6 Å². The van der Waals surface area contributed by atoms with E-state index in [2.05, 4.69) is 10.3 Å². The SMILES string of the molecule is Cc1nc2ccccc2cc1C(=O)NC1CC(F)(F)C1. The number of alkyl halides is 2. The van der Waals surface area contributed by atoms with Gasteiger partial charge in [-0.25, -0.2) is 8.78 Å². The molecule has 0 bridgehead atoms. The van der Waals surface area contributed by atoms with Crippen LogP contribution in [0.25, 0.3) is 10.9 Å². The number of rotatable bonds is 2. The summed E-state index contributed by atoms with van der Waals surface area (Å²) in [4.78, 5) is 16.5. The third kappa shape index (κ3) is 2.35. The van der Waals surface area contributed by atoms with Crippen LogP contribution in [-0.2, 0) is 0 Å². The van der Waals surface area contributed by atoms with Gasteiger partial charge < -0.3 is 5.32 Å². The van der Waals surface area contributed by atoms with Crippen LogP contribution in [0.1, 0.15) is 28.9 Å². The first-order valence-electron chi connectivity index (χ1n) is 6.50. The van der Waals surface area contributed by atoms with Crippen molar-refractivity contribution in [2.75, 3.05) is 0 Å². The summed E-state index contributed by atoms with van der Waals surface area (Å²) in [6.07, 6.45) is -0.558. The molecule has 2 aromatic rings. The van der Waals surface area contributed by atoms with Crippen LogP contribution in [0.2, 0.25) is 0 Å². The van der Waals surface area contributed by atoms with E-state index in [9.17, 15) is 13.6 Å². The number of pyridine rings is 1. The van der Waals surface area contributed by atoms with E-state index in [1.54, 1.807) is 13.0 Å². The number of carbonyl (C=O) groups is 1. The van der Waals surface area contributed by atoms with Gasteiger partial charge in [0.25, 0.3) is 11.8 Å². The van der Waals surface area contributed by atoms with Gasteiger partial charge in [0.15, 0.2) is 0 Å². The Hall–Kier alpha value is -2.04. The summed E-state index contributed by atoms with van der Waals surface area (Å²) in [6, 6.07) is 8.80. The third-order valence-corrected chi connectivity index (χ3v) is 3.58. The Morgan fingerprint density at radius 1 is 1.35 bits per heavy atom. The van der Waals surface area contributed by atoms with Crippen LogP contribution in [0.15, 0.2) is 30.3 Å². The first kappa shape index (κ1) is 13.0. The second kappa shape index (κ2) is 4.51. The fourth-order valence-corrected chi connectivity index (χ4v) is 2.47. The van der Waals surface area contributed by atoms with Crippen molar-refractivity contribution >= 4 is 16.8 Å². The van der Waals surface area contributed by atoms with Crippen LogP contribution >= 0.6 is 0 Å². The lowest BCUT2D eigenvalue weighted by Crippen LogP contribution is -2.50. The van der Waals surface area contributed by atoms with Gasteiger partial charge in [0.2, 0.25) is 0 Å². The summed E-state index contributed by atoms with van der Waals surface area (Å²) < 4.78 is 25.5. The van der Waals surface area contributed by atoms with Crippen molar-refractivity contribution in [1.82, 2.24) is 10.3 Å². The van der Waals surface area contributed by atoms with Crippen LogP contribution < -0.4 is 5.32 Å². The van der Waals surface area contributed by atoms with Crippen LogP contribution in [0.4, 0.5) is 8.78 Å². The lowest BCUT2D eigenvalue weighted by atomic mass is 9.88. The summed E-state index contributed by atoms with van der Waals surface area (Å²) >= 11 is 0. The van der Waals surface area contributed by atoms with Crippen LogP contribution in [-0.4, -0.2) is 22.9 Å². The second-order valence-corrected chi connectivity index (χ2v) is 5.25. The molecule has 1 aliphatic rings. The van der Waals surface area contributed by atoms with Crippen molar-refractivity contribution in [1.29, 1.82) is 0 Å². The molecule has 3 nitrogen and oxygen atoms in total. The highest BCUT2D eigenvalue weighted by molar-refractivity contribution is 5.98. The summed E-state index contributed by atoms with van der Waals surface area (Å²) in [5.41, 5.74) is 1.86. The molecule has 5 heteroatoms. The Labute approximate surface area is 115 Å². The number of hydrogen-bond donors (Lipinski definition) is 1. The number of carbonyl (C=O) groups excluding carboxylic acids is 1. The Morgan fingerprint density at radius 3 is 2.75 bits per heavy atom. The molecular weight excluding hydrogens is 262 g/mol. The molecule has 0 saturated heterocycles. The van der Waals surface area contributed by atoms with Crippen molar-refractivity contribution in [3.63, 3.8) is 0 Å². The van der Waals surface area contributed by atoms with Gasteiger partial charge in [-0.3, -0.25) is 9.78 Å². The molecule has 0 spiro atoms. The van der Waals surface area contributed by atoms with Crippen LogP contribution in [0, 0.1) is 6.92 Å². The Morgan fingerprint density at radius 2 is 2.05 bits per heavy atom. The second-order valence-electron chi connectivity index (χ2n) is 5.25. The number of hydrogen-bond acceptors (Lipinski definition) is 2. The molecule has 104 valence electrons. The molecule has 0 aliphatic heterocycles. The summed E-state index contributed by atoms with van der Waals surface area (Å²) in [5, 5.41) is 3.50. The van der Waals surface area contributed by atoms with E-state index in [1.165, 1.54) is 0 Å². The molecule has 3 rings (SSSR count). The molecule has 0 atom stereocenters. The normalized spacial score (nSPS) is 17.8. The fraction of sp³-hybridized carbons (Fsp3) is 0.333. The van der Waals surface area contributed by atoms with Gasteiger partial charge in [0.1, 0.15) is 0 Å². The van der Waals surface area contributed by atoms with Gasteiger partial charge >= 0.3 is 0 Å². The van der Waals surface area contributed by atoms with Gasteiger partial charge in [-0.1, -0.05) is 18.2 Å². The maximum atomic E-state index is 12.8. The lowest BCUT2D eigenvalue weighted by Gasteiger charge is -2.35. The molecule has 1 heterocycles. The van der Waals surface area contributed by atoms with Gasteiger partial charge in [0.05, 0.1) is 16.8 Å². The van der Waals surface area contributed by atoms with E-state index in [4.69, 9.17) is 0 Å². The number of para-hydroxylation sites is 1. The average molecular weight is 276 g/mol. The molecule has 1 fully saturated rings. The average Bonchev–Trinajstić information content (AvgIpc) is 2.35. The minimum Gasteiger partial charge on any atom is -0.349 e. The predicted octanol–water partition coefficient (Wildman–Crippen LogP) is 3.07. The number of fused-ring (bicyclic) bond motifs is 1. The van der Waals surface area contributed by atoms with E-state index in [0.717, 1.165) is 10.9 Å². The van der Waals surface area contributed by atoms with E-state index >= 15 is 0 Å². The van der Waals surface area contributed by atoms with E-state index in [0.29, 0.717) is 11.3 Å². The molecule has 0 unspecified atom stereocenters. The maximum Gasteiger partial charge on any atom is 0.253 e. The van der Waals surface area contributed by atoms with Gasteiger partial charge in [-0.15, -0.1) is 0 Å². The Kier molecular flexibility index (Phi) is 2.92.